The molecule has 0 amide bonds. The smallest absolute Gasteiger partial charge is 0.231 e. The Balaban J connectivity index is 1.39. The van der Waals surface area contributed by atoms with Crippen molar-refractivity contribution >= 4 is 0 Å². The van der Waals surface area contributed by atoms with Crippen LogP contribution >= 0.6 is 0 Å². The number of rotatable bonds is 3. The van der Waals surface area contributed by atoms with Gasteiger partial charge in [0.15, 0.2) is 11.5 Å². The van der Waals surface area contributed by atoms with E-state index in [4.69, 9.17) is 14.0 Å². The number of hydrogen-bond donors (Lipinski definition) is 0. The molecule has 2 aliphatic rings. The van der Waals surface area contributed by atoms with Crippen molar-refractivity contribution in [2.45, 2.75) is 18.3 Å². The molecule has 0 N–H and O–H groups in total. The predicted octanol–water partition coefficient (Wildman–Crippen LogP) is 3.74. The molecule has 2 aromatic carbocycles. The highest BCUT2D eigenvalue weighted by Crippen LogP contribution is 2.54. The van der Waals surface area contributed by atoms with Crippen LogP contribution in [0, 0.1) is 0 Å². The minimum Gasteiger partial charge on any atom is -0.454 e. The molecule has 114 valence electrons. The van der Waals surface area contributed by atoms with Gasteiger partial charge in [-0.2, -0.15) is 4.98 Å². The molecule has 1 aliphatic heterocycles. The van der Waals surface area contributed by atoms with E-state index in [2.05, 4.69) is 34.4 Å². The molecule has 0 spiro atoms. The lowest BCUT2D eigenvalue weighted by molar-refractivity contribution is 0.174. The van der Waals surface area contributed by atoms with Crippen molar-refractivity contribution in [3.8, 4) is 22.9 Å². The van der Waals surface area contributed by atoms with E-state index in [-0.39, 0.29) is 6.79 Å². The normalized spacial score (nSPS) is 21.4. The van der Waals surface area contributed by atoms with Crippen molar-refractivity contribution in [1.29, 1.82) is 0 Å². The maximum absolute atomic E-state index is 5.48. The van der Waals surface area contributed by atoms with Crippen molar-refractivity contribution in [2.75, 3.05) is 6.79 Å². The lowest BCUT2D eigenvalue weighted by Gasteiger charge is -1.97. The van der Waals surface area contributed by atoms with Gasteiger partial charge in [0.05, 0.1) is 0 Å². The molecule has 0 radical (unpaired) electrons. The molecule has 0 unspecified atom stereocenters. The third-order valence-corrected chi connectivity index (χ3v) is 4.41. The van der Waals surface area contributed by atoms with E-state index in [0.717, 1.165) is 23.5 Å². The minimum absolute atomic E-state index is 0.261. The summed E-state index contributed by atoms with van der Waals surface area (Å²) in [6.45, 7) is 0.261. The van der Waals surface area contributed by atoms with Gasteiger partial charge < -0.3 is 14.0 Å². The van der Waals surface area contributed by atoms with Gasteiger partial charge in [-0.3, -0.25) is 0 Å². The molecule has 5 heteroatoms. The topological polar surface area (TPSA) is 57.4 Å². The van der Waals surface area contributed by atoms with Gasteiger partial charge in [0.2, 0.25) is 18.5 Å². The zero-order valence-corrected chi connectivity index (χ0v) is 12.3. The molecular formula is C18H14N2O3. The van der Waals surface area contributed by atoms with Crippen LogP contribution in [0.5, 0.6) is 11.5 Å². The van der Waals surface area contributed by atoms with E-state index >= 15 is 0 Å². The fourth-order valence-electron chi connectivity index (χ4n) is 3.08. The Morgan fingerprint density at radius 3 is 2.70 bits per heavy atom. The second kappa shape index (κ2) is 4.84. The summed E-state index contributed by atoms with van der Waals surface area (Å²) in [6, 6.07) is 16.2. The van der Waals surface area contributed by atoms with Gasteiger partial charge in [-0.1, -0.05) is 35.5 Å². The molecule has 1 aliphatic carbocycles. The van der Waals surface area contributed by atoms with Crippen LogP contribution in [0.25, 0.3) is 11.4 Å². The van der Waals surface area contributed by atoms with Crippen LogP contribution in [0.4, 0.5) is 0 Å². The van der Waals surface area contributed by atoms with Crippen LogP contribution in [0.3, 0.4) is 0 Å². The van der Waals surface area contributed by atoms with Gasteiger partial charge >= 0.3 is 0 Å². The molecular weight excluding hydrogens is 292 g/mol. The molecule has 0 bridgehead atoms. The maximum Gasteiger partial charge on any atom is 0.231 e. The first-order valence-electron chi connectivity index (χ1n) is 7.67. The summed E-state index contributed by atoms with van der Waals surface area (Å²) in [5, 5.41) is 4.12. The molecule has 5 nitrogen and oxygen atoms in total. The first-order chi connectivity index (χ1) is 11.4. The number of aromatic nitrogens is 2. The van der Waals surface area contributed by atoms with Gasteiger partial charge in [0.1, 0.15) is 0 Å². The second-order valence-corrected chi connectivity index (χ2v) is 5.88. The van der Waals surface area contributed by atoms with E-state index in [1.807, 2.05) is 24.3 Å². The Bertz CT molecular complexity index is 860. The number of nitrogens with zero attached hydrogens (tertiary/aromatic N) is 2. The summed E-state index contributed by atoms with van der Waals surface area (Å²) >= 11 is 0. The standard InChI is InChI=1S/C18H14N2O3/c1-2-4-11(5-3-1)13-9-14(13)18-19-17(20-23-18)12-6-7-15-16(8-12)22-10-21-15/h1-8,13-14H,9-10H2/t13-,14-/m1/s1. The van der Waals surface area contributed by atoms with Crippen LogP contribution in [0.2, 0.25) is 0 Å². The average Bonchev–Trinajstić information content (AvgIpc) is 3.04. The highest BCUT2D eigenvalue weighted by molar-refractivity contribution is 5.61. The average molecular weight is 306 g/mol. The van der Waals surface area contributed by atoms with E-state index < -0.39 is 0 Å². The number of benzene rings is 2. The summed E-state index contributed by atoms with van der Waals surface area (Å²) in [5.74, 6) is 3.60. The van der Waals surface area contributed by atoms with E-state index in [1.54, 1.807) is 0 Å². The summed E-state index contributed by atoms with van der Waals surface area (Å²) in [7, 11) is 0. The van der Waals surface area contributed by atoms with Crippen LogP contribution < -0.4 is 9.47 Å². The minimum atomic E-state index is 0.261. The number of fused-ring (bicyclic) bond motifs is 1. The molecule has 2 atom stereocenters. The van der Waals surface area contributed by atoms with Gasteiger partial charge in [0.25, 0.3) is 0 Å². The summed E-state index contributed by atoms with van der Waals surface area (Å²) in [6.07, 6.45) is 1.06. The Kier molecular flexibility index (Phi) is 2.67. The third-order valence-electron chi connectivity index (χ3n) is 4.41. The first-order valence-corrected chi connectivity index (χ1v) is 7.67. The summed E-state index contributed by atoms with van der Waals surface area (Å²) in [5.41, 5.74) is 2.21. The van der Waals surface area contributed by atoms with Gasteiger partial charge in [-0.15, -0.1) is 0 Å². The Morgan fingerprint density at radius 2 is 1.78 bits per heavy atom. The van der Waals surface area contributed by atoms with E-state index in [9.17, 15) is 0 Å². The molecule has 3 aromatic rings. The fraction of sp³-hybridized carbons (Fsp3) is 0.222. The SMILES string of the molecule is c1ccc([C@H]2C[C@H]2c2nc(-c3ccc4c(c3)OCO4)no2)cc1. The predicted molar refractivity (Wildman–Crippen MR) is 82.4 cm³/mol. The highest BCUT2D eigenvalue weighted by Gasteiger charge is 2.43. The monoisotopic (exact) mass is 306 g/mol. The quantitative estimate of drug-likeness (QED) is 0.738. The Morgan fingerprint density at radius 1 is 0.913 bits per heavy atom. The second-order valence-electron chi connectivity index (χ2n) is 5.88. The van der Waals surface area contributed by atoms with Crippen molar-refractivity contribution in [2.24, 2.45) is 0 Å². The number of hydrogen-bond acceptors (Lipinski definition) is 5. The Hall–Kier alpha value is -2.82. The molecule has 23 heavy (non-hydrogen) atoms. The van der Waals surface area contributed by atoms with E-state index in [1.165, 1.54) is 5.56 Å². The fourth-order valence-corrected chi connectivity index (χ4v) is 3.08. The van der Waals surface area contributed by atoms with Gasteiger partial charge in [-0.05, 0) is 36.1 Å². The zero-order chi connectivity index (χ0) is 15.2. The van der Waals surface area contributed by atoms with Crippen LogP contribution in [-0.4, -0.2) is 16.9 Å². The largest absolute Gasteiger partial charge is 0.454 e. The number of ether oxygens (including phenoxy) is 2. The van der Waals surface area contributed by atoms with Crippen LogP contribution in [-0.2, 0) is 0 Å². The van der Waals surface area contributed by atoms with Crippen molar-refractivity contribution in [1.82, 2.24) is 10.1 Å². The summed E-state index contributed by atoms with van der Waals surface area (Å²) in [4.78, 5) is 4.57. The molecule has 5 rings (SSSR count). The molecule has 1 fully saturated rings. The van der Waals surface area contributed by atoms with E-state index in [0.29, 0.717) is 23.6 Å². The van der Waals surface area contributed by atoms with Crippen molar-refractivity contribution in [3.63, 3.8) is 0 Å². The lowest BCUT2D eigenvalue weighted by Crippen LogP contribution is -1.92. The highest BCUT2D eigenvalue weighted by atomic mass is 16.7. The van der Waals surface area contributed by atoms with Gasteiger partial charge in [-0.25, -0.2) is 0 Å². The van der Waals surface area contributed by atoms with Crippen molar-refractivity contribution in [3.05, 3.63) is 60.0 Å². The molecule has 1 aromatic heterocycles. The first kappa shape index (κ1) is 12.7. The molecule has 1 saturated carbocycles. The van der Waals surface area contributed by atoms with Crippen molar-refractivity contribution < 1.29 is 14.0 Å². The zero-order valence-electron chi connectivity index (χ0n) is 12.3. The summed E-state index contributed by atoms with van der Waals surface area (Å²) < 4.78 is 16.2. The van der Waals surface area contributed by atoms with Gasteiger partial charge in [0, 0.05) is 11.5 Å². The molecule has 2 heterocycles. The maximum atomic E-state index is 5.48. The molecule has 0 saturated heterocycles. The van der Waals surface area contributed by atoms with Crippen LogP contribution in [0.1, 0.15) is 29.7 Å². The Labute approximate surface area is 132 Å². The lowest BCUT2D eigenvalue weighted by atomic mass is 10.1. The van der Waals surface area contributed by atoms with Crippen LogP contribution in [0.15, 0.2) is 53.1 Å². The third kappa shape index (κ3) is 2.16.